The van der Waals surface area contributed by atoms with E-state index in [0.717, 1.165) is 16.7 Å². The van der Waals surface area contributed by atoms with Crippen LogP contribution in [0.15, 0.2) is 58.3 Å². The quantitative estimate of drug-likeness (QED) is 0.643. The van der Waals surface area contributed by atoms with Crippen LogP contribution in [0.4, 0.5) is 0 Å². The number of rotatable bonds is 4. The van der Waals surface area contributed by atoms with Gasteiger partial charge in [-0.1, -0.05) is 24.3 Å². The maximum atomic E-state index is 13.5. The molecule has 5 nitrogen and oxygen atoms in total. The zero-order chi connectivity index (χ0) is 20.0. The lowest BCUT2D eigenvalue weighted by Crippen LogP contribution is -2.29. The van der Waals surface area contributed by atoms with Crippen molar-refractivity contribution in [3.05, 3.63) is 87.3 Å². The van der Waals surface area contributed by atoms with E-state index in [9.17, 15) is 9.59 Å². The van der Waals surface area contributed by atoms with Crippen LogP contribution >= 0.6 is 0 Å². The Hall–Kier alpha value is -3.34. The first-order chi connectivity index (χ1) is 13.5. The minimum absolute atomic E-state index is 0.108. The maximum Gasteiger partial charge on any atom is 0.291 e. The molecule has 28 heavy (non-hydrogen) atoms. The Morgan fingerprint density at radius 1 is 1.21 bits per heavy atom. The third kappa shape index (κ3) is 2.62. The highest BCUT2D eigenvalue weighted by Crippen LogP contribution is 2.39. The summed E-state index contributed by atoms with van der Waals surface area (Å²) < 4.78 is 11.3. The van der Waals surface area contributed by atoms with Gasteiger partial charge in [0, 0.05) is 6.54 Å². The molecule has 1 amide bonds. The van der Waals surface area contributed by atoms with Crippen molar-refractivity contribution in [2.75, 3.05) is 13.7 Å². The number of hydrogen-bond donors (Lipinski definition) is 0. The molecule has 0 bridgehead atoms. The van der Waals surface area contributed by atoms with Crippen LogP contribution in [-0.2, 0) is 0 Å². The van der Waals surface area contributed by atoms with E-state index in [1.54, 1.807) is 24.2 Å². The Kier molecular flexibility index (Phi) is 4.30. The fourth-order valence-corrected chi connectivity index (χ4v) is 4.00. The van der Waals surface area contributed by atoms with Crippen LogP contribution in [0.25, 0.3) is 11.0 Å². The van der Waals surface area contributed by atoms with Crippen molar-refractivity contribution in [2.45, 2.75) is 19.9 Å². The second kappa shape index (κ2) is 6.68. The second-order valence-electron chi connectivity index (χ2n) is 7.05. The first kappa shape index (κ1) is 18.0. The average Bonchev–Trinajstić information content (AvgIpc) is 2.94. The third-order valence-corrected chi connectivity index (χ3v) is 5.15. The average molecular weight is 375 g/mol. The van der Waals surface area contributed by atoms with Crippen molar-refractivity contribution in [3.63, 3.8) is 0 Å². The summed E-state index contributed by atoms with van der Waals surface area (Å²) in [5, 5.41) is 0.519. The Morgan fingerprint density at radius 3 is 2.71 bits per heavy atom. The van der Waals surface area contributed by atoms with E-state index in [4.69, 9.17) is 9.15 Å². The maximum absolute atomic E-state index is 13.5. The van der Waals surface area contributed by atoms with Crippen molar-refractivity contribution in [1.29, 1.82) is 0 Å². The molecule has 2 aromatic carbocycles. The van der Waals surface area contributed by atoms with E-state index >= 15 is 0 Å². The number of ether oxygens (including phenoxy) is 1. The summed E-state index contributed by atoms with van der Waals surface area (Å²) in [7, 11) is 1.59. The highest BCUT2D eigenvalue weighted by Gasteiger charge is 2.42. The van der Waals surface area contributed by atoms with Gasteiger partial charge in [-0.25, -0.2) is 0 Å². The number of carbonyl (C=O) groups is 1. The predicted octanol–water partition coefficient (Wildman–Crippen LogP) is 4.15. The molecule has 0 fully saturated rings. The topological polar surface area (TPSA) is 59.8 Å². The number of aryl methyl sites for hydroxylation is 2. The monoisotopic (exact) mass is 375 g/mol. The highest BCUT2D eigenvalue weighted by molar-refractivity contribution is 5.99. The van der Waals surface area contributed by atoms with Crippen LogP contribution in [-0.4, -0.2) is 24.5 Å². The zero-order valence-corrected chi connectivity index (χ0v) is 16.1. The molecule has 3 aromatic rings. The van der Waals surface area contributed by atoms with Gasteiger partial charge < -0.3 is 14.1 Å². The van der Waals surface area contributed by atoms with Crippen LogP contribution in [0.1, 0.15) is 38.9 Å². The third-order valence-electron chi connectivity index (χ3n) is 5.15. The molecule has 0 spiro atoms. The summed E-state index contributed by atoms with van der Waals surface area (Å²) in [5.74, 6) is 0.465. The van der Waals surface area contributed by atoms with Gasteiger partial charge in [0.25, 0.3) is 5.91 Å². The molecule has 1 atom stereocenters. The van der Waals surface area contributed by atoms with Crippen LogP contribution < -0.4 is 10.2 Å². The lowest BCUT2D eigenvalue weighted by atomic mass is 9.96. The molecule has 0 radical (unpaired) electrons. The standard InChI is InChI=1S/C23H21NO4/c1-5-9-24-20(15-7-6-8-16(12-15)27-4)19-21(25)18-14(3)10-13(2)11-17(18)28-22(19)23(24)26/h5-8,10-12,20H,1,9H2,2-4H3. The van der Waals surface area contributed by atoms with Gasteiger partial charge in [-0.15, -0.1) is 6.58 Å². The van der Waals surface area contributed by atoms with E-state index in [1.165, 1.54) is 0 Å². The first-order valence-electron chi connectivity index (χ1n) is 9.10. The molecule has 0 N–H and O–H groups in total. The van der Waals surface area contributed by atoms with Gasteiger partial charge in [0.05, 0.1) is 24.1 Å². The molecule has 1 unspecified atom stereocenters. The SMILES string of the molecule is C=CCN1C(=O)c2oc3cc(C)cc(C)c3c(=O)c2C1c1cccc(OC)c1. The number of nitrogens with zero attached hydrogens (tertiary/aromatic N) is 1. The van der Waals surface area contributed by atoms with E-state index in [2.05, 4.69) is 6.58 Å². The van der Waals surface area contributed by atoms with Crippen molar-refractivity contribution < 1.29 is 13.9 Å². The molecule has 5 heteroatoms. The fraction of sp³-hybridized carbons (Fsp3) is 0.217. The molecular formula is C23H21NO4. The smallest absolute Gasteiger partial charge is 0.291 e. The number of benzene rings is 2. The summed E-state index contributed by atoms with van der Waals surface area (Å²) in [6.07, 6.45) is 1.65. The fourth-order valence-electron chi connectivity index (χ4n) is 4.00. The molecule has 4 rings (SSSR count). The normalized spacial score (nSPS) is 15.8. The molecule has 1 aliphatic rings. The number of fused-ring (bicyclic) bond motifs is 2. The minimum atomic E-state index is -0.544. The van der Waals surface area contributed by atoms with Crippen LogP contribution in [0, 0.1) is 13.8 Å². The van der Waals surface area contributed by atoms with Gasteiger partial charge in [0.1, 0.15) is 11.3 Å². The van der Waals surface area contributed by atoms with Crippen LogP contribution in [0.3, 0.4) is 0 Å². The lowest BCUT2D eigenvalue weighted by Gasteiger charge is -2.24. The summed E-state index contributed by atoms with van der Waals surface area (Å²) in [5.41, 5.74) is 3.27. The van der Waals surface area contributed by atoms with Crippen molar-refractivity contribution in [1.82, 2.24) is 4.90 Å². The Bertz CT molecular complexity index is 1180. The van der Waals surface area contributed by atoms with Gasteiger partial charge >= 0.3 is 0 Å². The highest BCUT2D eigenvalue weighted by atomic mass is 16.5. The zero-order valence-electron chi connectivity index (χ0n) is 16.1. The number of hydrogen-bond acceptors (Lipinski definition) is 4. The first-order valence-corrected chi connectivity index (χ1v) is 9.10. The second-order valence-corrected chi connectivity index (χ2v) is 7.05. The number of methoxy groups -OCH3 is 1. The predicted molar refractivity (Wildman–Crippen MR) is 108 cm³/mol. The molecule has 2 heterocycles. The molecule has 142 valence electrons. The van der Waals surface area contributed by atoms with Crippen molar-refractivity contribution >= 4 is 16.9 Å². The van der Waals surface area contributed by atoms with Crippen molar-refractivity contribution in [3.8, 4) is 5.75 Å². The van der Waals surface area contributed by atoms with Gasteiger partial charge in [-0.05, 0) is 48.7 Å². The molecule has 0 aliphatic carbocycles. The summed E-state index contributed by atoms with van der Waals surface area (Å²) in [6.45, 7) is 7.88. The Labute approximate surface area is 162 Å². The largest absolute Gasteiger partial charge is 0.497 e. The molecule has 0 saturated carbocycles. The lowest BCUT2D eigenvalue weighted by molar-refractivity contribution is 0.0748. The van der Waals surface area contributed by atoms with E-state index < -0.39 is 6.04 Å². The van der Waals surface area contributed by atoms with Gasteiger partial charge in [0.15, 0.2) is 5.43 Å². The van der Waals surface area contributed by atoms with Gasteiger partial charge in [-0.2, -0.15) is 0 Å². The minimum Gasteiger partial charge on any atom is -0.497 e. The number of amides is 1. The molecule has 1 aliphatic heterocycles. The summed E-state index contributed by atoms with van der Waals surface area (Å²) in [6, 6.07) is 10.6. The van der Waals surface area contributed by atoms with Crippen LogP contribution in [0.5, 0.6) is 5.75 Å². The molecule has 0 saturated heterocycles. The van der Waals surface area contributed by atoms with Gasteiger partial charge in [-0.3, -0.25) is 9.59 Å². The summed E-state index contributed by atoms with van der Waals surface area (Å²) >= 11 is 0. The Balaban J connectivity index is 2.05. The Morgan fingerprint density at radius 2 is 2.00 bits per heavy atom. The van der Waals surface area contributed by atoms with Crippen molar-refractivity contribution in [2.24, 2.45) is 0 Å². The van der Waals surface area contributed by atoms with Gasteiger partial charge in [0.2, 0.25) is 5.76 Å². The van der Waals surface area contributed by atoms with Crippen LogP contribution in [0.2, 0.25) is 0 Å². The number of carbonyl (C=O) groups excluding carboxylic acids is 1. The van der Waals surface area contributed by atoms with E-state index in [1.807, 2.05) is 44.2 Å². The van der Waals surface area contributed by atoms with E-state index in [-0.39, 0.29) is 17.1 Å². The molecular weight excluding hydrogens is 354 g/mol. The summed E-state index contributed by atoms with van der Waals surface area (Å²) in [4.78, 5) is 28.2. The molecule has 1 aromatic heterocycles. The van der Waals surface area contributed by atoms with E-state index in [0.29, 0.717) is 28.8 Å².